The zero-order chi connectivity index (χ0) is 8.81. The first-order valence-corrected chi connectivity index (χ1v) is 3.97. The molecule has 2 N–H and O–H groups in total. The van der Waals surface area contributed by atoms with E-state index >= 15 is 0 Å². The Bertz CT molecular complexity index is 223. The molecule has 0 amide bonds. The number of hydrogen-bond acceptors (Lipinski definition) is 4. The predicted molar refractivity (Wildman–Crippen MR) is 45.5 cm³/mol. The average Bonchev–Trinajstić information content (AvgIpc) is 2.45. The molecular weight excluding hydrogens is 156 g/mol. The van der Waals surface area contributed by atoms with Crippen LogP contribution in [0.4, 0.5) is 5.95 Å². The third kappa shape index (κ3) is 2.87. The summed E-state index contributed by atoms with van der Waals surface area (Å²) in [7, 11) is 1.70. The van der Waals surface area contributed by atoms with Gasteiger partial charge < -0.3 is 10.5 Å². The van der Waals surface area contributed by atoms with Crippen molar-refractivity contribution in [3.8, 4) is 0 Å². The number of nitrogens with zero attached hydrogens (tertiary/aromatic N) is 3. The Balaban J connectivity index is 2.15. The van der Waals surface area contributed by atoms with Gasteiger partial charge in [0.05, 0.1) is 0 Å². The number of nitrogens with two attached hydrogens (primary N) is 1. The van der Waals surface area contributed by atoms with Crippen LogP contribution in [-0.2, 0) is 11.3 Å². The Morgan fingerprint density at radius 3 is 3.00 bits per heavy atom. The molecular formula is C7H14N4O. The van der Waals surface area contributed by atoms with Gasteiger partial charge in [0, 0.05) is 20.3 Å². The standard InChI is InChI=1S/C7H14N4O/c1-12-5-3-2-4-11-6-9-7(8)10-11/h6H,2-5H2,1H3,(H2,8,10). The first kappa shape index (κ1) is 8.99. The third-order valence-corrected chi connectivity index (χ3v) is 1.54. The summed E-state index contributed by atoms with van der Waals surface area (Å²) in [5.74, 6) is 0.335. The Kier molecular flexibility index (Phi) is 3.53. The van der Waals surface area contributed by atoms with Gasteiger partial charge in [-0.1, -0.05) is 0 Å². The third-order valence-electron chi connectivity index (χ3n) is 1.54. The van der Waals surface area contributed by atoms with Crippen LogP contribution in [0.2, 0.25) is 0 Å². The van der Waals surface area contributed by atoms with Gasteiger partial charge in [-0.25, -0.2) is 4.98 Å². The van der Waals surface area contributed by atoms with E-state index in [4.69, 9.17) is 10.5 Å². The molecule has 0 aliphatic carbocycles. The van der Waals surface area contributed by atoms with Gasteiger partial charge in [0.2, 0.25) is 5.95 Å². The van der Waals surface area contributed by atoms with Gasteiger partial charge in [0.25, 0.3) is 0 Å². The summed E-state index contributed by atoms with van der Waals surface area (Å²) in [5, 5.41) is 3.95. The van der Waals surface area contributed by atoms with E-state index in [2.05, 4.69) is 10.1 Å². The van der Waals surface area contributed by atoms with E-state index < -0.39 is 0 Å². The zero-order valence-corrected chi connectivity index (χ0v) is 7.23. The summed E-state index contributed by atoms with van der Waals surface area (Å²) in [6, 6.07) is 0. The SMILES string of the molecule is COCCCCn1cnc(N)n1. The Morgan fingerprint density at radius 2 is 2.42 bits per heavy atom. The van der Waals surface area contributed by atoms with E-state index in [-0.39, 0.29) is 0 Å². The second-order valence-corrected chi connectivity index (χ2v) is 2.57. The van der Waals surface area contributed by atoms with Crippen molar-refractivity contribution in [1.29, 1.82) is 0 Å². The monoisotopic (exact) mass is 170 g/mol. The van der Waals surface area contributed by atoms with Crippen molar-refractivity contribution in [2.24, 2.45) is 0 Å². The molecule has 1 heterocycles. The molecule has 0 fully saturated rings. The highest BCUT2D eigenvalue weighted by molar-refractivity contribution is 5.08. The summed E-state index contributed by atoms with van der Waals surface area (Å²) in [4.78, 5) is 3.81. The molecule has 5 heteroatoms. The van der Waals surface area contributed by atoms with Crippen LogP contribution in [0.5, 0.6) is 0 Å². The number of hydrogen-bond donors (Lipinski definition) is 1. The van der Waals surface area contributed by atoms with Crippen LogP contribution < -0.4 is 5.73 Å². The lowest BCUT2D eigenvalue weighted by Gasteiger charge is -1.99. The maximum absolute atomic E-state index is 5.34. The van der Waals surface area contributed by atoms with E-state index in [0.29, 0.717) is 5.95 Å². The quantitative estimate of drug-likeness (QED) is 0.645. The zero-order valence-electron chi connectivity index (χ0n) is 7.23. The molecule has 0 bridgehead atoms. The Morgan fingerprint density at radius 1 is 1.58 bits per heavy atom. The second kappa shape index (κ2) is 4.71. The van der Waals surface area contributed by atoms with Gasteiger partial charge in [0.15, 0.2) is 0 Å². The van der Waals surface area contributed by atoms with Crippen molar-refractivity contribution >= 4 is 5.95 Å². The molecule has 0 radical (unpaired) electrons. The molecule has 5 nitrogen and oxygen atoms in total. The largest absolute Gasteiger partial charge is 0.385 e. The average molecular weight is 170 g/mol. The molecule has 68 valence electrons. The van der Waals surface area contributed by atoms with Crippen LogP contribution in [0.25, 0.3) is 0 Å². The molecule has 0 aromatic carbocycles. The van der Waals surface area contributed by atoms with Crippen LogP contribution in [-0.4, -0.2) is 28.5 Å². The minimum absolute atomic E-state index is 0.335. The van der Waals surface area contributed by atoms with E-state index in [1.165, 1.54) is 0 Å². The molecule has 0 saturated heterocycles. The minimum Gasteiger partial charge on any atom is -0.385 e. The van der Waals surface area contributed by atoms with Crippen LogP contribution in [0.15, 0.2) is 6.33 Å². The van der Waals surface area contributed by atoms with Crippen molar-refractivity contribution in [1.82, 2.24) is 14.8 Å². The van der Waals surface area contributed by atoms with Crippen LogP contribution >= 0.6 is 0 Å². The second-order valence-electron chi connectivity index (χ2n) is 2.57. The summed E-state index contributed by atoms with van der Waals surface area (Å²) in [6.45, 7) is 1.65. The number of anilines is 1. The lowest BCUT2D eigenvalue weighted by Crippen LogP contribution is -2.01. The molecule has 0 unspecified atom stereocenters. The van der Waals surface area contributed by atoms with Gasteiger partial charge in [-0.2, -0.15) is 0 Å². The van der Waals surface area contributed by atoms with Crippen molar-refractivity contribution in [2.45, 2.75) is 19.4 Å². The number of ether oxygens (including phenoxy) is 1. The summed E-state index contributed by atoms with van der Waals surface area (Å²) < 4.78 is 6.66. The van der Waals surface area contributed by atoms with Gasteiger partial charge in [-0.15, -0.1) is 5.10 Å². The van der Waals surface area contributed by atoms with Crippen molar-refractivity contribution in [3.05, 3.63) is 6.33 Å². The fourth-order valence-electron chi connectivity index (χ4n) is 0.937. The molecule has 1 aromatic heterocycles. The molecule has 1 rings (SSSR count). The first-order valence-electron chi connectivity index (χ1n) is 3.97. The normalized spacial score (nSPS) is 10.4. The summed E-state index contributed by atoms with van der Waals surface area (Å²) >= 11 is 0. The number of unbranched alkanes of at least 4 members (excludes halogenated alkanes) is 1. The highest BCUT2D eigenvalue weighted by atomic mass is 16.5. The molecule has 0 saturated carbocycles. The van der Waals surface area contributed by atoms with E-state index in [1.807, 2.05) is 0 Å². The highest BCUT2D eigenvalue weighted by Gasteiger charge is 1.94. The van der Waals surface area contributed by atoms with E-state index in [0.717, 1.165) is 26.0 Å². The van der Waals surface area contributed by atoms with Crippen LogP contribution in [0.1, 0.15) is 12.8 Å². The lowest BCUT2D eigenvalue weighted by molar-refractivity contribution is 0.191. The summed E-state index contributed by atoms with van der Waals surface area (Å²) in [6.07, 6.45) is 3.72. The number of rotatable bonds is 5. The molecule has 0 atom stereocenters. The topological polar surface area (TPSA) is 66.0 Å². The van der Waals surface area contributed by atoms with E-state index in [9.17, 15) is 0 Å². The Labute approximate surface area is 71.5 Å². The van der Waals surface area contributed by atoms with Crippen molar-refractivity contribution in [2.75, 3.05) is 19.5 Å². The van der Waals surface area contributed by atoms with Gasteiger partial charge in [-0.3, -0.25) is 4.68 Å². The summed E-state index contributed by atoms with van der Waals surface area (Å²) in [5.41, 5.74) is 5.34. The number of methoxy groups -OCH3 is 1. The van der Waals surface area contributed by atoms with Gasteiger partial charge in [0.1, 0.15) is 6.33 Å². The first-order chi connectivity index (χ1) is 5.83. The Hall–Kier alpha value is -1.10. The number of nitrogen functional groups attached to an aromatic ring is 1. The number of aryl methyl sites for hydroxylation is 1. The fourth-order valence-corrected chi connectivity index (χ4v) is 0.937. The fraction of sp³-hybridized carbons (Fsp3) is 0.714. The van der Waals surface area contributed by atoms with Gasteiger partial charge >= 0.3 is 0 Å². The van der Waals surface area contributed by atoms with Crippen LogP contribution in [0.3, 0.4) is 0 Å². The smallest absolute Gasteiger partial charge is 0.239 e. The van der Waals surface area contributed by atoms with Crippen molar-refractivity contribution in [3.63, 3.8) is 0 Å². The maximum Gasteiger partial charge on any atom is 0.239 e. The predicted octanol–water partition coefficient (Wildman–Crippen LogP) is 0.287. The van der Waals surface area contributed by atoms with E-state index in [1.54, 1.807) is 18.1 Å². The molecule has 0 aliphatic rings. The molecule has 12 heavy (non-hydrogen) atoms. The van der Waals surface area contributed by atoms with Crippen LogP contribution in [0, 0.1) is 0 Å². The molecule has 0 aliphatic heterocycles. The lowest BCUT2D eigenvalue weighted by atomic mass is 10.3. The molecule has 0 spiro atoms. The van der Waals surface area contributed by atoms with Gasteiger partial charge in [-0.05, 0) is 12.8 Å². The highest BCUT2D eigenvalue weighted by Crippen LogP contribution is 1.95. The maximum atomic E-state index is 5.34. The minimum atomic E-state index is 0.335. The molecule has 1 aromatic rings. The number of aromatic nitrogens is 3. The van der Waals surface area contributed by atoms with Crippen molar-refractivity contribution < 1.29 is 4.74 Å².